The zero-order valence-electron chi connectivity index (χ0n) is 12.2. The van der Waals surface area contributed by atoms with E-state index in [4.69, 9.17) is 9.47 Å². The molecule has 110 valence electrons. The minimum Gasteiger partial charge on any atom is -0.494 e. The van der Waals surface area contributed by atoms with Gasteiger partial charge in [0.1, 0.15) is 11.5 Å². The molecule has 1 aliphatic heterocycles. The summed E-state index contributed by atoms with van der Waals surface area (Å²) in [4.78, 5) is 4.04. The number of hydrogen-bond acceptors (Lipinski definition) is 4. The van der Waals surface area contributed by atoms with E-state index in [1.54, 1.807) is 0 Å². The smallest absolute Gasteiger partial charge is 0.124 e. The minimum atomic E-state index is 0.294. The fourth-order valence-electron chi connectivity index (χ4n) is 2.58. The molecule has 1 N–H and O–H groups in total. The van der Waals surface area contributed by atoms with E-state index in [0.717, 1.165) is 31.1 Å². The normalized spacial score (nSPS) is 16.9. The summed E-state index contributed by atoms with van der Waals surface area (Å²) in [5.74, 6) is 1.86. The molecule has 1 unspecified atom stereocenters. The van der Waals surface area contributed by atoms with E-state index in [9.17, 15) is 0 Å². The summed E-state index contributed by atoms with van der Waals surface area (Å²) < 4.78 is 11.3. The molecular formula is C17H20N2O2. The van der Waals surface area contributed by atoms with Gasteiger partial charge in [0.25, 0.3) is 0 Å². The Morgan fingerprint density at radius 1 is 1.29 bits per heavy atom. The van der Waals surface area contributed by atoms with Gasteiger partial charge in [0.15, 0.2) is 0 Å². The molecule has 0 saturated heterocycles. The summed E-state index contributed by atoms with van der Waals surface area (Å²) in [6.07, 6.45) is 4.61. The summed E-state index contributed by atoms with van der Waals surface area (Å²) in [6, 6.07) is 10.4. The average molecular weight is 284 g/mol. The predicted molar refractivity (Wildman–Crippen MR) is 81.5 cm³/mol. The van der Waals surface area contributed by atoms with E-state index in [1.807, 2.05) is 43.6 Å². The van der Waals surface area contributed by atoms with Gasteiger partial charge in [-0.05, 0) is 42.8 Å². The molecule has 21 heavy (non-hydrogen) atoms. The lowest BCUT2D eigenvalue weighted by Crippen LogP contribution is -2.26. The molecule has 0 radical (unpaired) electrons. The summed E-state index contributed by atoms with van der Waals surface area (Å²) in [6.45, 7) is 4.24. The van der Waals surface area contributed by atoms with Crippen molar-refractivity contribution in [2.75, 3.05) is 13.2 Å². The first-order chi connectivity index (χ1) is 10.4. The van der Waals surface area contributed by atoms with Crippen molar-refractivity contribution < 1.29 is 9.47 Å². The third kappa shape index (κ3) is 3.34. The monoisotopic (exact) mass is 284 g/mol. The number of rotatable bonds is 5. The molecule has 0 amide bonds. The number of fused-ring (bicyclic) bond motifs is 1. The second-order valence-electron chi connectivity index (χ2n) is 5.06. The van der Waals surface area contributed by atoms with Crippen LogP contribution in [0.2, 0.25) is 0 Å². The van der Waals surface area contributed by atoms with Gasteiger partial charge in [-0.25, -0.2) is 0 Å². The van der Waals surface area contributed by atoms with Gasteiger partial charge in [0, 0.05) is 37.0 Å². The van der Waals surface area contributed by atoms with Crippen LogP contribution in [-0.4, -0.2) is 18.2 Å². The SMILES string of the molecule is CCOc1ccc2c(c1)C(NCc1ccncc1)CCO2. The van der Waals surface area contributed by atoms with Crippen molar-refractivity contribution in [2.24, 2.45) is 0 Å². The molecule has 0 spiro atoms. The number of hydrogen-bond donors (Lipinski definition) is 1. The summed E-state index contributed by atoms with van der Waals surface area (Å²) in [5, 5.41) is 3.60. The maximum atomic E-state index is 5.73. The maximum absolute atomic E-state index is 5.73. The van der Waals surface area contributed by atoms with Gasteiger partial charge in [0.2, 0.25) is 0 Å². The highest BCUT2D eigenvalue weighted by atomic mass is 16.5. The van der Waals surface area contributed by atoms with Crippen LogP contribution < -0.4 is 14.8 Å². The molecule has 2 aromatic rings. The average Bonchev–Trinajstić information content (AvgIpc) is 2.54. The number of pyridine rings is 1. The Bertz CT molecular complexity index is 587. The van der Waals surface area contributed by atoms with Gasteiger partial charge >= 0.3 is 0 Å². The van der Waals surface area contributed by atoms with Crippen molar-refractivity contribution in [1.82, 2.24) is 10.3 Å². The second-order valence-corrected chi connectivity index (χ2v) is 5.06. The standard InChI is InChI=1S/C17H20N2O2/c1-2-20-14-3-4-17-15(11-14)16(7-10-21-17)19-12-13-5-8-18-9-6-13/h3-6,8-9,11,16,19H,2,7,10,12H2,1H3. The molecule has 2 heterocycles. The van der Waals surface area contributed by atoms with Crippen LogP contribution in [0.15, 0.2) is 42.7 Å². The molecule has 0 fully saturated rings. The highest BCUT2D eigenvalue weighted by Crippen LogP contribution is 2.34. The molecule has 0 saturated carbocycles. The van der Waals surface area contributed by atoms with E-state index in [0.29, 0.717) is 12.6 Å². The largest absolute Gasteiger partial charge is 0.494 e. The molecule has 0 aliphatic carbocycles. The Hall–Kier alpha value is -2.07. The summed E-state index contributed by atoms with van der Waals surface area (Å²) >= 11 is 0. The molecule has 0 bridgehead atoms. The van der Waals surface area contributed by atoms with E-state index in [1.165, 1.54) is 11.1 Å². The van der Waals surface area contributed by atoms with Crippen LogP contribution in [0.25, 0.3) is 0 Å². The highest BCUT2D eigenvalue weighted by molar-refractivity contribution is 5.43. The van der Waals surface area contributed by atoms with E-state index in [2.05, 4.69) is 16.4 Å². The maximum Gasteiger partial charge on any atom is 0.124 e. The number of benzene rings is 1. The highest BCUT2D eigenvalue weighted by Gasteiger charge is 2.21. The zero-order valence-corrected chi connectivity index (χ0v) is 12.2. The van der Waals surface area contributed by atoms with Crippen LogP contribution in [0.5, 0.6) is 11.5 Å². The third-order valence-corrected chi connectivity index (χ3v) is 3.63. The van der Waals surface area contributed by atoms with Gasteiger partial charge in [-0.2, -0.15) is 0 Å². The van der Waals surface area contributed by atoms with Crippen LogP contribution in [0.4, 0.5) is 0 Å². The van der Waals surface area contributed by atoms with Gasteiger partial charge < -0.3 is 14.8 Å². The fraction of sp³-hybridized carbons (Fsp3) is 0.353. The van der Waals surface area contributed by atoms with Crippen LogP contribution >= 0.6 is 0 Å². The topological polar surface area (TPSA) is 43.4 Å². The second kappa shape index (κ2) is 6.59. The van der Waals surface area contributed by atoms with E-state index >= 15 is 0 Å². The number of aromatic nitrogens is 1. The first kappa shape index (κ1) is 13.9. The third-order valence-electron chi connectivity index (χ3n) is 3.63. The lowest BCUT2D eigenvalue weighted by Gasteiger charge is -2.27. The van der Waals surface area contributed by atoms with Crippen molar-refractivity contribution in [3.8, 4) is 11.5 Å². The lowest BCUT2D eigenvalue weighted by molar-refractivity contribution is 0.250. The molecule has 4 nitrogen and oxygen atoms in total. The minimum absolute atomic E-state index is 0.294. The van der Waals surface area contributed by atoms with Crippen molar-refractivity contribution in [1.29, 1.82) is 0 Å². The summed E-state index contributed by atoms with van der Waals surface area (Å²) in [5.41, 5.74) is 2.42. The first-order valence-corrected chi connectivity index (χ1v) is 7.38. The van der Waals surface area contributed by atoms with Crippen molar-refractivity contribution in [3.05, 3.63) is 53.9 Å². The van der Waals surface area contributed by atoms with Gasteiger partial charge in [0.05, 0.1) is 13.2 Å². The molecule has 4 heteroatoms. The van der Waals surface area contributed by atoms with Crippen molar-refractivity contribution in [2.45, 2.75) is 25.9 Å². The number of nitrogens with one attached hydrogen (secondary N) is 1. The van der Waals surface area contributed by atoms with Crippen molar-refractivity contribution >= 4 is 0 Å². The van der Waals surface area contributed by atoms with Crippen LogP contribution in [-0.2, 0) is 6.54 Å². The number of ether oxygens (including phenoxy) is 2. The molecule has 1 aromatic carbocycles. The van der Waals surface area contributed by atoms with Crippen molar-refractivity contribution in [3.63, 3.8) is 0 Å². The van der Waals surface area contributed by atoms with E-state index < -0.39 is 0 Å². The van der Waals surface area contributed by atoms with Gasteiger partial charge in [-0.3, -0.25) is 4.98 Å². The molecular weight excluding hydrogens is 264 g/mol. The van der Waals surface area contributed by atoms with Crippen LogP contribution in [0, 0.1) is 0 Å². The predicted octanol–water partition coefficient (Wildman–Crippen LogP) is 3.09. The number of nitrogens with zero attached hydrogens (tertiary/aromatic N) is 1. The van der Waals surface area contributed by atoms with Crippen LogP contribution in [0.1, 0.15) is 30.5 Å². The Morgan fingerprint density at radius 2 is 2.14 bits per heavy atom. The van der Waals surface area contributed by atoms with Gasteiger partial charge in [-0.1, -0.05) is 0 Å². The Labute approximate surface area is 125 Å². The quantitative estimate of drug-likeness (QED) is 0.916. The lowest BCUT2D eigenvalue weighted by atomic mass is 10.00. The summed E-state index contributed by atoms with van der Waals surface area (Å²) in [7, 11) is 0. The molecule has 1 atom stereocenters. The zero-order chi connectivity index (χ0) is 14.5. The van der Waals surface area contributed by atoms with E-state index in [-0.39, 0.29) is 0 Å². The molecule has 3 rings (SSSR count). The van der Waals surface area contributed by atoms with Crippen LogP contribution in [0.3, 0.4) is 0 Å². The molecule has 1 aliphatic rings. The first-order valence-electron chi connectivity index (χ1n) is 7.38. The molecule has 1 aromatic heterocycles. The van der Waals surface area contributed by atoms with Gasteiger partial charge in [-0.15, -0.1) is 0 Å². The Morgan fingerprint density at radius 3 is 2.95 bits per heavy atom. The Kier molecular flexibility index (Phi) is 4.36. The Balaban J connectivity index is 1.74. The fourth-order valence-corrected chi connectivity index (χ4v) is 2.58.